The number of methoxy groups -OCH3 is 1. The minimum atomic E-state index is 0.111. The summed E-state index contributed by atoms with van der Waals surface area (Å²) < 4.78 is 7.42. The first-order valence-electron chi connectivity index (χ1n) is 7.33. The van der Waals surface area contributed by atoms with Crippen molar-refractivity contribution in [1.82, 2.24) is 4.57 Å². The number of rotatable bonds is 5. The fraction of sp³-hybridized carbons (Fsp3) is 0.158. The second kappa shape index (κ2) is 6.50. The molecule has 0 saturated carbocycles. The van der Waals surface area contributed by atoms with Gasteiger partial charge in [0.25, 0.3) is 0 Å². The molecule has 112 valence electrons. The van der Waals surface area contributed by atoms with Crippen LogP contribution in [0.3, 0.4) is 0 Å². The summed E-state index contributed by atoms with van der Waals surface area (Å²) in [5.74, 6) is 0.827. The lowest BCUT2D eigenvalue weighted by Crippen LogP contribution is -2.03. The molecule has 1 heterocycles. The molecule has 3 heteroatoms. The molecular weight excluding hydrogens is 274 g/mol. The van der Waals surface area contributed by atoms with Crippen LogP contribution in [-0.2, 0) is 6.54 Å². The molecule has 0 aliphatic heterocycles. The van der Waals surface area contributed by atoms with Gasteiger partial charge in [-0.05, 0) is 23.8 Å². The van der Waals surface area contributed by atoms with E-state index in [1.54, 1.807) is 7.11 Å². The van der Waals surface area contributed by atoms with E-state index in [9.17, 15) is 5.11 Å². The summed E-state index contributed by atoms with van der Waals surface area (Å²) in [6, 6.07) is 20.4. The summed E-state index contributed by atoms with van der Waals surface area (Å²) in [5.41, 5.74) is 4.50. The van der Waals surface area contributed by atoms with Gasteiger partial charge in [-0.2, -0.15) is 0 Å². The molecule has 0 spiro atoms. The van der Waals surface area contributed by atoms with Gasteiger partial charge >= 0.3 is 0 Å². The fourth-order valence-corrected chi connectivity index (χ4v) is 2.71. The van der Waals surface area contributed by atoms with Gasteiger partial charge in [0.2, 0.25) is 0 Å². The Hall–Kier alpha value is -2.52. The van der Waals surface area contributed by atoms with Crippen molar-refractivity contribution in [3.05, 3.63) is 66.9 Å². The molecule has 0 fully saturated rings. The van der Waals surface area contributed by atoms with Crippen LogP contribution in [0, 0.1) is 0 Å². The zero-order chi connectivity index (χ0) is 15.4. The second-order valence-electron chi connectivity index (χ2n) is 5.09. The highest BCUT2D eigenvalue weighted by atomic mass is 16.5. The van der Waals surface area contributed by atoms with Gasteiger partial charge in [0.15, 0.2) is 0 Å². The zero-order valence-electron chi connectivity index (χ0n) is 12.6. The average molecular weight is 293 g/mol. The molecule has 0 bridgehead atoms. The van der Waals surface area contributed by atoms with Gasteiger partial charge < -0.3 is 14.4 Å². The first kappa shape index (κ1) is 14.4. The summed E-state index contributed by atoms with van der Waals surface area (Å²) in [7, 11) is 1.67. The highest BCUT2D eigenvalue weighted by molar-refractivity contribution is 5.82. The Labute approximate surface area is 130 Å². The first-order valence-corrected chi connectivity index (χ1v) is 7.33. The van der Waals surface area contributed by atoms with E-state index in [0.29, 0.717) is 6.54 Å². The lowest BCUT2D eigenvalue weighted by atomic mass is 10.0. The van der Waals surface area contributed by atoms with Crippen LogP contribution in [0.25, 0.3) is 22.4 Å². The van der Waals surface area contributed by atoms with Gasteiger partial charge in [-0.3, -0.25) is 0 Å². The van der Waals surface area contributed by atoms with Gasteiger partial charge in [0.1, 0.15) is 5.75 Å². The molecule has 0 aliphatic carbocycles. The number of aliphatic hydroxyl groups excluding tert-OH is 1. The van der Waals surface area contributed by atoms with Crippen molar-refractivity contribution in [3.8, 4) is 28.1 Å². The number of hydrogen-bond acceptors (Lipinski definition) is 2. The minimum absolute atomic E-state index is 0.111. The Kier molecular flexibility index (Phi) is 4.26. The maximum atomic E-state index is 9.33. The molecule has 1 N–H and O–H groups in total. The zero-order valence-corrected chi connectivity index (χ0v) is 12.6. The monoisotopic (exact) mass is 293 g/mol. The summed E-state index contributed by atoms with van der Waals surface area (Å²) in [6.07, 6.45) is 2.02. The maximum Gasteiger partial charge on any atom is 0.119 e. The molecule has 0 radical (unpaired) electrons. The summed E-state index contributed by atoms with van der Waals surface area (Å²) >= 11 is 0. The largest absolute Gasteiger partial charge is 0.497 e. The third kappa shape index (κ3) is 2.76. The highest BCUT2D eigenvalue weighted by Gasteiger charge is 2.13. The van der Waals surface area contributed by atoms with E-state index in [1.165, 1.54) is 0 Å². The molecule has 0 saturated heterocycles. The lowest BCUT2D eigenvalue weighted by Gasteiger charge is -2.12. The molecule has 0 unspecified atom stereocenters. The smallest absolute Gasteiger partial charge is 0.119 e. The molecule has 3 rings (SSSR count). The minimum Gasteiger partial charge on any atom is -0.497 e. The third-order valence-corrected chi connectivity index (χ3v) is 3.73. The normalized spacial score (nSPS) is 10.6. The van der Waals surface area contributed by atoms with E-state index in [4.69, 9.17) is 4.74 Å². The summed E-state index contributed by atoms with van der Waals surface area (Å²) in [4.78, 5) is 0. The van der Waals surface area contributed by atoms with Crippen molar-refractivity contribution in [2.75, 3.05) is 13.7 Å². The van der Waals surface area contributed by atoms with Crippen molar-refractivity contribution in [2.24, 2.45) is 0 Å². The quantitative estimate of drug-likeness (QED) is 0.776. The van der Waals surface area contributed by atoms with Gasteiger partial charge in [-0.1, -0.05) is 42.5 Å². The Morgan fingerprint density at radius 1 is 0.955 bits per heavy atom. The number of aliphatic hydroxyl groups is 1. The first-order chi connectivity index (χ1) is 10.8. The predicted octanol–water partition coefficient (Wildman–Crippen LogP) is 3.82. The second-order valence-corrected chi connectivity index (χ2v) is 5.09. The van der Waals surface area contributed by atoms with Crippen LogP contribution in [0.2, 0.25) is 0 Å². The van der Waals surface area contributed by atoms with E-state index in [-0.39, 0.29) is 6.61 Å². The van der Waals surface area contributed by atoms with Gasteiger partial charge in [-0.15, -0.1) is 0 Å². The van der Waals surface area contributed by atoms with Crippen LogP contribution in [0.5, 0.6) is 5.75 Å². The van der Waals surface area contributed by atoms with Crippen LogP contribution < -0.4 is 4.74 Å². The van der Waals surface area contributed by atoms with Crippen molar-refractivity contribution >= 4 is 0 Å². The Balaban J connectivity index is 2.16. The van der Waals surface area contributed by atoms with Crippen LogP contribution in [0.1, 0.15) is 0 Å². The Morgan fingerprint density at radius 3 is 2.45 bits per heavy atom. The maximum absolute atomic E-state index is 9.33. The molecular formula is C19H19NO2. The molecule has 0 amide bonds. The summed E-state index contributed by atoms with van der Waals surface area (Å²) in [5, 5.41) is 9.33. The topological polar surface area (TPSA) is 34.4 Å². The molecule has 3 nitrogen and oxygen atoms in total. The predicted molar refractivity (Wildman–Crippen MR) is 88.9 cm³/mol. The average Bonchev–Trinajstić information content (AvgIpc) is 3.00. The molecule has 0 atom stereocenters. The van der Waals surface area contributed by atoms with Crippen molar-refractivity contribution in [2.45, 2.75) is 6.54 Å². The number of nitrogens with zero attached hydrogens (tertiary/aromatic N) is 1. The molecule has 2 aromatic carbocycles. The number of ether oxygens (including phenoxy) is 1. The number of aromatic nitrogens is 1. The van der Waals surface area contributed by atoms with E-state index < -0.39 is 0 Å². The van der Waals surface area contributed by atoms with Crippen LogP contribution in [-0.4, -0.2) is 23.4 Å². The highest BCUT2D eigenvalue weighted by Crippen LogP contribution is 2.34. The van der Waals surface area contributed by atoms with Crippen molar-refractivity contribution in [3.63, 3.8) is 0 Å². The fourth-order valence-electron chi connectivity index (χ4n) is 2.71. The number of hydrogen-bond donors (Lipinski definition) is 1. The van der Waals surface area contributed by atoms with Crippen LogP contribution >= 0.6 is 0 Å². The third-order valence-electron chi connectivity index (χ3n) is 3.73. The SMILES string of the molecule is COc1cccc(-c2c(-c3ccccc3)ccn2CCO)c1. The summed E-state index contributed by atoms with van der Waals surface area (Å²) in [6.45, 7) is 0.680. The molecule has 0 aliphatic rings. The van der Waals surface area contributed by atoms with Crippen LogP contribution in [0.15, 0.2) is 66.9 Å². The Morgan fingerprint density at radius 2 is 1.73 bits per heavy atom. The lowest BCUT2D eigenvalue weighted by molar-refractivity contribution is 0.277. The van der Waals surface area contributed by atoms with Gasteiger partial charge in [0.05, 0.1) is 19.4 Å². The van der Waals surface area contributed by atoms with E-state index >= 15 is 0 Å². The van der Waals surface area contributed by atoms with Gasteiger partial charge in [0, 0.05) is 23.9 Å². The molecule has 22 heavy (non-hydrogen) atoms. The standard InChI is InChI=1S/C19H19NO2/c1-22-17-9-5-8-16(14-17)19-18(10-11-20(19)12-13-21)15-6-3-2-4-7-15/h2-11,14,21H,12-13H2,1H3. The van der Waals surface area contributed by atoms with Crippen molar-refractivity contribution < 1.29 is 9.84 Å². The van der Waals surface area contributed by atoms with E-state index in [2.05, 4.69) is 28.8 Å². The van der Waals surface area contributed by atoms with Crippen molar-refractivity contribution in [1.29, 1.82) is 0 Å². The molecule has 1 aromatic heterocycles. The van der Waals surface area contributed by atoms with Gasteiger partial charge in [-0.25, -0.2) is 0 Å². The van der Waals surface area contributed by atoms with E-state index in [0.717, 1.165) is 28.1 Å². The van der Waals surface area contributed by atoms with E-state index in [1.807, 2.05) is 42.6 Å². The van der Waals surface area contributed by atoms with Crippen LogP contribution in [0.4, 0.5) is 0 Å². The number of benzene rings is 2. The Bertz CT molecular complexity index is 747. The molecule has 3 aromatic rings.